The zero-order valence-electron chi connectivity index (χ0n) is 11.4. The van der Waals surface area contributed by atoms with Crippen LogP contribution in [0.5, 0.6) is 11.5 Å². The van der Waals surface area contributed by atoms with E-state index in [1.165, 1.54) is 13.2 Å². The van der Waals surface area contributed by atoms with Gasteiger partial charge in [-0.2, -0.15) is 8.78 Å². The molecular weight excluding hydrogens is 270 g/mol. The molecule has 0 aliphatic heterocycles. The summed E-state index contributed by atoms with van der Waals surface area (Å²) < 4.78 is 33.9. The molecule has 0 saturated heterocycles. The minimum absolute atomic E-state index is 0.0125. The second kappa shape index (κ2) is 8.31. The van der Waals surface area contributed by atoms with Crippen LogP contribution in [0.15, 0.2) is 18.2 Å². The topological polar surface area (TPSA) is 59.6 Å². The van der Waals surface area contributed by atoms with Crippen molar-refractivity contribution in [1.29, 1.82) is 0 Å². The summed E-state index contributed by atoms with van der Waals surface area (Å²) in [7, 11) is 3.06. The first-order chi connectivity index (χ1) is 9.56. The average Bonchev–Trinajstić information content (AvgIpc) is 2.38. The molecule has 0 radical (unpaired) electrons. The van der Waals surface area contributed by atoms with Crippen LogP contribution in [0.1, 0.15) is 5.56 Å². The van der Waals surface area contributed by atoms with Crippen molar-refractivity contribution in [2.75, 3.05) is 27.2 Å². The Labute approximate surface area is 116 Å². The number of carbonyl (C=O) groups is 1. The van der Waals surface area contributed by atoms with Crippen molar-refractivity contribution < 1.29 is 23.0 Å². The zero-order chi connectivity index (χ0) is 15.0. The van der Waals surface area contributed by atoms with E-state index in [0.717, 1.165) is 5.56 Å². The molecule has 0 fully saturated rings. The highest BCUT2D eigenvalue weighted by atomic mass is 19.3. The number of nitrogens with one attached hydrogen (secondary N) is 2. The number of benzene rings is 1. The van der Waals surface area contributed by atoms with Gasteiger partial charge in [0, 0.05) is 6.54 Å². The van der Waals surface area contributed by atoms with Gasteiger partial charge in [0.15, 0.2) is 11.5 Å². The van der Waals surface area contributed by atoms with Gasteiger partial charge >= 0.3 is 6.61 Å². The monoisotopic (exact) mass is 288 g/mol. The largest absolute Gasteiger partial charge is 0.493 e. The van der Waals surface area contributed by atoms with Crippen molar-refractivity contribution in [2.45, 2.75) is 13.0 Å². The van der Waals surface area contributed by atoms with Crippen molar-refractivity contribution in [2.24, 2.45) is 0 Å². The predicted molar refractivity (Wildman–Crippen MR) is 70.3 cm³/mol. The third-order valence-corrected chi connectivity index (χ3v) is 2.52. The molecule has 0 saturated carbocycles. The summed E-state index contributed by atoms with van der Waals surface area (Å²) in [6.45, 7) is -2.25. The molecule has 1 aromatic carbocycles. The van der Waals surface area contributed by atoms with Crippen LogP contribution in [0.3, 0.4) is 0 Å². The van der Waals surface area contributed by atoms with E-state index in [9.17, 15) is 13.6 Å². The maximum Gasteiger partial charge on any atom is 0.387 e. The van der Waals surface area contributed by atoms with Gasteiger partial charge in [0.05, 0.1) is 13.7 Å². The van der Waals surface area contributed by atoms with Crippen molar-refractivity contribution in [1.82, 2.24) is 10.6 Å². The van der Waals surface area contributed by atoms with Gasteiger partial charge in [-0.15, -0.1) is 0 Å². The molecule has 20 heavy (non-hydrogen) atoms. The maximum atomic E-state index is 12.3. The number of ether oxygens (including phenoxy) is 2. The van der Waals surface area contributed by atoms with E-state index in [4.69, 9.17) is 4.74 Å². The SMILES string of the molecule is CNCC(=O)NCCc1ccc(OC)c(OC(F)F)c1. The van der Waals surface area contributed by atoms with Gasteiger partial charge in [-0.25, -0.2) is 0 Å². The lowest BCUT2D eigenvalue weighted by Crippen LogP contribution is -2.33. The van der Waals surface area contributed by atoms with Gasteiger partial charge in [-0.1, -0.05) is 6.07 Å². The Hall–Kier alpha value is -1.89. The number of halogens is 2. The number of methoxy groups -OCH3 is 1. The number of rotatable bonds is 8. The third-order valence-electron chi connectivity index (χ3n) is 2.52. The molecule has 0 bridgehead atoms. The molecule has 1 rings (SSSR count). The standard InChI is InChI=1S/C13H18F2N2O3/c1-16-8-12(18)17-6-5-9-3-4-10(19-2)11(7-9)20-13(14)15/h3-4,7,13,16H,5-6,8H2,1-2H3,(H,17,18). The van der Waals surface area contributed by atoms with Crippen LogP contribution in [0.25, 0.3) is 0 Å². The van der Waals surface area contributed by atoms with Crippen molar-refractivity contribution >= 4 is 5.91 Å². The molecule has 2 N–H and O–H groups in total. The molecule has 5 nitrogen and oxygen atoms in total. The van der Waals surface area contributed by atoms with Gasteiger partial charge < -0.3 is 20.1 Å². The second-order valence-corrected chi connectivity index (χ2v) is 3.99. The van der Waals surface area contributed by atoms with Crippen LogP contribution in [0.2, 0.25) is 0 Å². The molecule has 112 valence electrons. The molecule has 1 aromatic rings. The van der Waals surface area contributed by atoms with E-state index < -0.39 is 6.61 Å². The van der Waals surface area contributed by atoms with Crippen LogP contribution >= 0.6 is 0 Å². The minimum atomic E-state index is -2.91. The number of hydrogen-bond acceptors (Lipinski definition) is 4. The quantitative estimate of drug-likeness (QED) is 0.754. The number of amides is 1. The van der Waals surface area contributed by atoms with E-state index in [-0.39, 0.29) is 24.0 Å². The molecule has 0 aromatic heterocycles. The highest BCUT2D eigenvalue weighted by molar-refractivity contribution is 5.77. The van der Waals surface area contributed by atoms with Crippen molar-refractivity contribution in [3.63, 3.8) is 0 Å². The lowest BCUT2D eigenvalue weighted by atomic mass is 10.1. The summed E-state index contributed by atoms with van der Waals surface area (Å²) in [6.07, 6.45) is 0.513. The number of likely N-dealkylation sites (N-methyl/N-ethyl adjacent to an activating group) is 1. The fourth-order valence-corrected chi connectivity index (χ4v) is 1.63. The summed E-state index contributed by atoms with van der Waals surface area (Å²) in [4.78, 5) is 11.2. The van der Waals surface area contributed by atoms with E-state index in [2.05, 4.69) is 15.4 Å². The van der Waals surface area contributed by atoms with Gasteiger partial charge in [0.2, 0.25) is 5.91 Å². The van der Waals surface area contributed by atoms with Gasteiger partial charge in [0.1, 0.15) is 0 Å². The summed E-state index contributed by atoms with van der Waals surface area (Å²) in [6, 6.07) is 4.78. The number of carbonyl (C=O) groups excluding carboxylic acids is 1. The van der Waals surface area contributed by atoms with Gasteiger partial charge in [0.25, 0.3) is 0 Å². The van der Waals surface area contributed by atoms with E-state index in [1.807, 2.05) is 0 Å². The lowest BCUT2D eigenvalue weighted by Gasteiger charge is -2.11. The highest BCUT2D eigenvalue weighted by Crippen LogP contribution is 2.29. The van der Waals surface area contributed by atoms with Crippen LogP contribution in [-0.4, -0.2) is 39.8 Å². The van der Waals surface area contributed by atoms with Crippen LogP contribution in [0, 0.1) is 0 Å². The summed E-state index contributed by atoms with van der Waals surface area (Å²) in [5.41, 5.74) is 0.770. The van der Waals surface area contributed by atoms with E-state index in [0.29, 0.717) is 13.0 Å². The minimum Gasteiger partial charge on any atom is -0.493 e. The fourth-order valence-electron chi connectivity index (χ4n) is 1.63. The highest BCUT2D eigenvalue weighted by Gasteiger charge is 2.11. The first kappa shape index (κ1) is 16.2. The normalized spacial score (nSPS) is 10.4. The van der Waals surface area contributed by atoms with Crippen LogP contribution < -0.4 is 20.1 Å². The molecule has 0 spiro atoms. The molecule has 0 atom stereocenters. The van der Waals surface area contributed by atoms with Crippen molar-refractivity contribution in [3.8, 4) is 11.5 Å². The molecular formula is C13H18F2N2O3. The lowest BCUT2D eigenvalue weighted by molar-refractivity contribution is -0.120. The van der Waals surface area contributed by atoms with E-state index in [1.54, 1.807) is 19.2 Å². The van der Waals surface area contributed by atoms with Crippen LogP contribution in [-0.2, 0) is 11.2 Å². The predicted octanol–water partition coefficient (Wildman–Crippen LogP) is 1.17. The summed E-state index contributed by atoms with van der Waals surface area (Å²) in [5.74, 6) is 0.111. The third kappa shape index (κ3) is 5.40. The average molecular weight is 288 g/mol. The fraction of sp³-hybridized carbons (Fsp3) is 0.462. The Morgan fingerprint density at radius 2 is 2.10 bits per heavy atom. The number of alkyl halides is 2. The Morgan fingerprint density at radius 3 is 2.70 bits per heavy atom. The van der Waals surface area contributed by atoms with Gasteiger partial charge in [-0.3, -0.25) is 4.79 Å². The van der Waals surface area contributed by atoms with Crippen LogP contribution in [0.4, 0.5) is 8.78 Å². The molecule has 0 aliphatic carbocycles. The molecule has 0 heterocycles. The zero-order valence-corrected chi connectivity index (χ0v) is 11.4. The Morgan fingerprint density at radius 1 is 1.35 bits per heavy atom. The van der Waals surface area contributed by atoms with Gasteiger partial charge in [-0.05, 0) is 31.2 Å². The molecule has 7 heteroatoms. The maximum absolute atomic E-state index is 12.3. The van der Waals surface area contributed by atoms with Crippen molar-refractivity contribution in [3.05, 3.63) is 23.8 Å². The Kier molecular flexibility index (Phi) is 6.72. The molecule has 0 aliphatic rings. The first-order valence-electron chi connectivity index (χ1n) is 6.10. The second-order valence-electron chi connectivity index (χ2n) is 3.99. The summed E-state index contributed by atoms with van der Waals surface area (Å²) in [5, 5.41) is 5.43. The Balaban J connectivity index is 2.60. The smallest absolute Gasteiger partial charge is 0.387 e. The first-order valence-corrected chi connectivity index (χ1v) is 6.10. The Bertz CT molecular complexity index is 442. The van der Waals surface area contributed by atoms with E-state index >= 15 is 0 Å². The summed E-state index contributed by atoms with van der Waals surface area (Å²) >= 11 is 0. The molecule has 0 unspecified atom stereocenters. The molecule has 1 amide bonds. The number of hydrogen-bond donors (Lipinski definition) is 2.